The maximum Gasteiger partial charge on any atom is 0.245 e. The number of ether oxygens (including phenoxy) is 1. The molecule has 2 aliphatic rings. The molecule has 2 atom stereocenters. The molecule has 7 heteroatoms. The summed E-state index contributed by atoms with van der Waals surface area (Å²) in [5, 5.41) is 5.99. The zero-order valence-corrected chi connectivity index (χ0v) is 12.0. The molecule has 0 aromatic heterocycles. The number of hydrogen-bond acceptors (Lipinski definition) is 5. The quantitative estimate of drug-likeness (QED) is 0.723. The van der Waals surface area contributed by atoms with Gasteiger partial charge in [0.25, 0.3) is 0 Å². The molecule has 2 rings (SSSR count). The summed E-state index contributed by atoms with van der Waals surface area (Å²) in [6, 6.07) is -0.648. The summed E-state index contributed by atoms with van der Waals surface area (Å²) in [5.41, 5.74) is 0. The fourth-order valence-corrected chi connectivity index (χ4v) is 3.14. The minimum absolute atomic E-state index is 0.0185. The van der Waals surface area contributed by atoms with Gasteiger partial charge in [-0.2, -0.15) is 0 Å². The first-order chi connectivity index (χ1) is 9.24. The van der Waals surface area contributed by atoms with E-state index in [1.54, 1.807) is 16.7 Å². The van der Waals surface area contributed by atoms with Gasteiger partial charge in [-0.05, 0) is 6.42 Å². The van der Waals surface area contributed by atoms with Crippen LogP contribution in [0.5, 0.6) is 0 Å². The maximum absolute atomic E-state index is 12.4. The van der Waals surface area contributed by atoms with Gasteiger partial charge in [-0.15, -0.1) is 11.8 Å². The lowest BCUT2D eigenvalue weighted by atomic mass is 10.1. The average Bonchev–Trinajstić information content (AvgIpc) is 2.98. The van der Waals surface area contributed by atoms with Gasteiger partial charge in [0.1, 0.15) is 6.04 Å². The third kappa shape index (κ3) is 3.61. The van der Waals surface area contributed by atoms with Crippen molar-refractivity contribution < 1.29 is 14.3 Å². The number of nitrogens with zero attached hydrogens (tertiary/aromatic N) is 1. The lowest BCUT2D eigenvalue weighted by Gasteiger charge is -2.36. The molecule has 2 N–H and O–H groups in total. The van der Waals surface area contributed by atoms with Crippen LogP contribution in [0.2, 0.25) is 0 Å². The van der Waals surface area contributed by atoms with Crippen LogP contribution < -0.4 is 10.6 Å². The van der Waals surface area contributed by atoms with Crippen LogP contribution in [0.25, 0.3) is 0 Å². The first kappa shape index (κ1) is 14.6. The van der Waals surface area contributed by atoms with Crippen LogP contribution in [0.15, 0.2) is 0 Å². The number of rotatable bonds is 4. The molecule has 0 aromatic rings. The smallest absolute Gasteiger partial charge is 0.245 e. The third-order valence-corrected chi connectivity index (χ3v) is 4.22. The summed E-state index contributed by atoms with van der Waals surface area (Å²) in [7, 11) is 0. The lowest BCUT2D eigenvalue weighted by molar-refractivity contribution is -0.149. The molecule has 0 saturated carbocycles. The molecular weight excluding hydrogens is 266 g/mol. The molecule has 0 spiro atoms. The van der Waals surface area contributed by atoms with Crippen LogP contribution in [0, 0.1) is 0 Å². The van der Waals surface area contributed by atoms with Crippen molar-refractivity contribution >= 4 is 23.6 Å². The Morgan fingerprint density at radius 3 is 3.05 bits per heavy atom. The van der Waals surface area contributed by atoms with Gasteiger partial charge in [0, 0.05) is 24.7 Å². The van der Waals surface area contributed by atoms with E-state index in [1.807, 2.05) is 6.92 Å². The molecule has 0 aromatic carbocycles. The summed E-state index contributed by atoms with van der Waals surface area (Å²) >= 11 is 1.71. The number of carbonyl (C=O) groups is 2. The molecular formula is C12H21N3O3S. The van der Waals surface area contributed by atoms with E-state index in [0.717, 1.165) is 18.1 Å². The van der Waals surface area contributed by atoms with E-state index in [-0.39, 0.29) is 17.9 Å². The van der Waals surface area contributed by atoms with Crippen LogP contribution >= 0.6 is 11.8 Å². The summed E-state index contributed by atoms with van der Waals surface area (Å²) in [4.78, 5) is 26.1. The summed E-state index contributed by atoms with van der Waals surface area (Å²) in [5.74, 6) is 1.48. The van der Waals surface area contributed by atoms with E-state index in [2.05, 4.69) is 10.6 Å². The molecule has 2 fully saturated rings. The Kier molecular flexibility index (Phi) is 5.47. The van der Waals surface area contributed by atoms with E-state index < -0.39 is 6.04 Å². The second-order valence-electron chi connectivity index (χ2n) is 4.69. The molecule has 2 unspecified atom stereocenters. The van der Waals surface area contributed by atoms with Crippen molar-refractivity contribution in [3.8, 4) is 0 Å². The largest absolute Gasteiger partial charge is 0.377 e. The van der Waals surface area contributed by atoms with Crippen molar-refractivity contribution in [3.05, 3.63) is 0 Å². The third-order valence-electron chi connectivity index (χ3n) is 3.28. The van der Waals surface area contributed by atoms with E-state index in [4.69, 9.17) is 4.74 Å². The number of morpholine rings is 1. The zero-order chi connectivity index (χ0) is 13.7. The molecule has 0 radical (unpaired) electrons. The highest BCUT2D eigenvalue weighted by molar-refractivity contribution is 7.99. The minimum atomic E-state index is -0.486. The highest BCUT2D eigenvalue weighted by Gasteiger charge is 2.36. The Bertz CT molecular complexity index is 334. The first-order valence-corrected chi connectivity index (χ1v) is 7.86. The van der Waals surface area contributed by atoms with Crippen LogP contribution in [0.4, 0.5) is 0 Å². The first-order valence-electron chi connectivity index (χ1n) is 6.71. The summed E-state index contributed by atoms with van der Waals surface area (Å²) in [6.45, 7) is 3.92. The summed E-state index contributed by atoms with van der Waals surface area (Å²) < 4.78 is 5.35. The van der Waals surface area contributed by atoms with Gasteiger partial charge in [-0.25, -0.2) is 0 Å². The van der Waals surface area contributed by atoms with Crippen molar-refractivity contribution in [1.82, 2.24) is 15.5 Å². The predicted molar refractivity (Wildman–Crippen MR) is 73.9 cm³/mol. The Morgan fingerprint density at radius 2 is 2.37 bits per heavy atom. The van der Waals surface area contributed by atoms with E-state index in [9.17, 15) is 9.59 Å². The fraction of sp³-hybridized carbons (Fsp3) is 0.833. The molecule has 2 heterocycles. The Balaban J connectivity index is 1.98. The number of thioether (sulfide) groups is 1. The van der Waals surface area contributed by atoms with E-state index in [0.29, 0.717) is 26.3 Å². The van der Waals surface area contributed by atoms with Gasteiger partial charge in [0.05, 0.1) is 19.3 Å². The predicted octanol–water partition coefficient (Wildman–Crippen LogP) is -0.597. The van der Waals surface area contributed by atoms with Gasteiger partial charge in [0.2, 0.25) is 11.8 Å². The second-order valence-corrected chi connectivity index (χ2v) is 5.72. The standard InChI is InChI=1S/C12H21N3O3S/c1-2-3-13-11(16)10-6-18-5-4-15(10)12(17)9-7-19-8-14-9/h9-10,14H,2-8H2,1H3,(H,13,16). The van der Waals surface area contributed by atoms with Gasteiger partial charge < -0.3 is 15.0 Å². The lowest BCUT2D eigenvalue weighted by Crippen LogP contribution is -2.59. The van der Waals surface area contributed by atoms with Crippen molar-refractivity contribution in [1.29, 1.82) is 0 Å². The number of hydrogen-bond donors (Lipinski definition) is 2. The number of nitrogens with one attached hydrogen (secondary N) is 2. The van der Waals surface area contributed by atoms with Crippen LogP contribution in [0.3, 0.4) is 0 Å². The molecule has 19 heavy (non-hydrogen) atoms. The monoisotopic (exact) mass is 287 g/mol. The van der Waals surface area contributed by atoms with Crippen LogP contribution in [-0.4, -0.2) is 66.7 Å². The Labute approximate surface area is 117 Å². The van der Waals surface area contributed by atoms with Gasteiger partial charge in [0.15, 0.2) is 0 Å². The van der Waals surface area contributed by atoms with Crippen molar-refractivity contribution in [2.75, 3.05) is 37.9 Å². The fourth-order valence-electron chi connectivity index (χ4n) is 2.20. The maximum atomic E-state index is 12.4. The van der Waals surface area contributed by atoms with Crippen LogP contribution in [0.1, 0.15) is 13.3 Å². The zero-order valence-electron chi connectivity index (χ0n) is 11.2. The molecule has 0 bridgehead atoms. The van der Waals surface area contributed by atoms with Crippen LogP contribution in [-0.2, 0) is 14.3 Å². The Morgan fingerprint density at radius 1 is 1.53 bits per heavy atom. The molecule has 6 nitrogen and oxygen atoms in total. The number of carbonyl (C=O) groups excluding carboxylic acids is 2. The molecule has 2 saturated heterocycles. The van der Waals surface area contributed by atoms with Gasteiger partial charge in [-0.3, -0.25) is 14.9 Å². The van der Waals surface area contributed by atoms with Gasteiger partial charge >= 0.3 is 0 Å². The van der Waals surface area contributed by atoms with Crippen molar-refractivity contribution in [3.63, 3.8) is 0 Å². The number of amides is 2. The topological polar surface area (TPSA) is 70.7 Å². The SMILES string of the molecule is CCCNC(=O)C1COCCN1C(=O)C1CSCN1. The highest BCUT2D eigenvalue weighted by atomic mass is 32.2. The molecule has 0 aliphatic carbocycles. The van der Waals surface area contributed by atoms with E-state index >= 15 is 0 Å². The highest BCUT2D eigenvalue weighted by Crippen LogP contribution is 2.15. The Hall–Kier alpha value is -0.790. The molecule has 2 aliphatic heterocycles. The van der Waals surface area contributed by atoms with E-state index in [1.165, 1.54) is 0 Å². The van der Waals surface area contributed by atoms with Crippen molar-refractivity contribution in [2.24, 2.45) is 0 Å². The van der Waals surface area contributed by atoms with Crippen molar-refractivity contribution in [2.45, 2.75) is 25.4 Å². The molecule has 108 valence electrons. The minimum Gasteiger partial charge on any atom is -0.377 e. The normalized spacial score (nSPS) is 27.3. The van der Waals surface area contributed by atoms with Gasteiger partial charge in [-0.1, -0.05) is 6.92 Å². The second kappa shape index (κ2) is 7.12. The average molecular weight is 287 g/mol. The molecule has 2 amide bonds. The summed E-state index contributed by atoms with van der Waals surface area (Å²) in [6.07, 6.45) is 0.883.